The van der Waals surface area contributed by atoms with Gasteiger partial charge in [-0.1, -0.05) is 29.3 Å². The largest absolute Gasteiger partial charge is 0.480 e. The van der Waals surface area contributed by atoms with Crippen molar-refractivity contribution in [2.45, 2.75) is 25.7 Å². The van der Waals surface area contributed by atoms with Crippen molar-refractivity contribution in [3.63, 3.8) is 0 Å². The van der Waals surface area contributed by atoms with E-state index in [1.165, 1.54) is 12.9 Å². The first kappa shape index (κ1) is 18.8. The van der Waals surface area contributed by atoms with Crippen molar-refractivity contribution in [2.75, 3.05) is 6.54 Å². The van der Waals surface area contributed by atoms with Crippen LogP contribution < -0.4 is 10.5 Å². The number of amides is 1. The fourth-order valence-electron chi connectivity index (χ4n) is 1.77. The number of aliphatic carboxylic acids is 1. The average Bonchev–Trinajstić information content (AvgIpc) is 2.40. The number of carboxylic acid groups (broad SMARTS) is 1. The van der Waals surface area contributed by atoms with Gasteiger partial charge < -0.3 is 20.7 Å². The number of rotatable bonds is 8. The molecule has 0 fully saturated rings. The summed E-state index contributed by atoms with van der Waals surface area (Å²) in [6, 6.07) is 3.67. The molecule has 0 bridgehead atoms. The lowest BCUT2D eigenvalue weighted by Crippen LogP contribution is -2.43. The molecular weight excluding hydrogens is 330 g/mol. The van der Waals surface area contributed by atoms with Crippen LogP contribution in [0.1, 0.15) is 12.0 Å². The van der Waals surface area contributed by atoms with Crippen LogP contribution in [0, 0.1) is 0 Å². The van der Waals surface area contributed by atoms with Crippen molar-refractivity contribution >= 4 is 42.1 Å². The molecule has 0 aromatic heterocycles. The Balaban J connectivity index is 2.62. The quantitative estimate of drug-likeness (QED) is 0.530. The number of halogens is 2. The predicted molar refractivity (Wildman–Crippen MR) is 86.2 cm³/mol. The van der Waals surface area contributed by atoms with Crippen LogP contribution in [-0.4, -0.2) is 41.6 Å². The molecular formula is C13H17BCl2N2O4. The zero-order valence-corrected chi connectivity index (χ0v) is 13.5. The van der Waals surface area contributed by atoms with Gasteiger partial charge >= 0.3 is 13.0 Å². The summed E-state index contributed by atoms with van der Waals surface area (Å²) in [5, 5.41) is 24.1. The molecule has 1 amide bonds. The monoisotopic (exact) mass is 346 g/mol. The first-order valence-electron chi connectivity index (χ1n) is 6.67. The molecule has 0 heterocycles. The van der Waals surface area contributed by atoms with Crippen LogP contribution in [0.4, 0.5) is 0 Å². The molecule has 0 aliphatic carbocycles. The lowest BCUT2D eigenvalue weighted by Gasteiger charge is -2.16. The van der Waals surface area contributed by atoms with E-state index in [0.29, 0.717) is 15.6 Å². The Morgan fingerprint density at radius 2 is 2.05 bits per heavy atom. The van der Waals surface area contributed by atoms with Gasteiger partial charge in [0.25, 0.3) is 0 Å². The van der Waals surface area contributed by atoms with Crippen molar-refractivity contribution in [1.29, 1.82) is 0 Å². The molecule has 1 aromatic rings. The summed E-state index contributed by atoms with van der Waals surface area (Å²) in [5.74, 6) is -1.58. The molecule has 6 nitrogen and oxygen atoms in total. The van der Waals surface area contributed by atoms with Crippen LogP contribution in [0.3, 0.4) is 0 Å². The highest BCUT2D eigenvalue weighted by Gasteiger charge is 2.21. The average molecular weight is 347 g/mol. The fraction of sp³-hybridized carbons (Fsp3) is 0.385. The smallest absolute Gasteiger partial charge is 0.373 e. The van der Waals surface area contributed by atoms with Crippen molar-refractivity contribution in [3.05, 3.63) is 33.8 Å². The van der Waals surface area contributed by atoms with Crippen LogP contribution in [0.15, 0.2) is 18.2 Å². The van der Waals surface area contributed by atoms with Crippen LogP contribution in [0.25, 0.3) is 0 Å². The first-order chi connectivity index (χ1) is 10.3. The van der Waals surface area contributed by atoms with E-state index >= 15 is 0 Å². The normalized spacial score (nSPS) is 11.8. The maximum atomic E-state index is 11.7. The highest BCUT2D eigenvalue weighted by Crippen LogP contribution is 2.22. The first-order valence-corrected chi connectivity index (χ1v) is 7.42. The molecule has 1 atom stereocenters. The second-order valence-electron chi connectivity index (χ2n) is 4.78. The van der Waals surface area contributed by atoms with Gasteiger partial charge in [-0.25, -0.2) is 4.79 Å². The minimum Gasteiger partial charge on any atom is -0.480 e. The Hall–Kier alpha value is -1.28. The Bertz CT molecular complexity index is 543. The number of carboxylic acids is 1. The number of carbonyl (C=O) groups is 2. The number of benzene rings is 1. The number of hydrogen-bond donors (Lipinski definition) is 4. The Kier molecular flexibility index (Phi) is 7.68. The van der Waals surface area contributed by atoms with E-state index in [2.05, 4.69) is 10.5 Å². The topological polar surface area (TPSA) is 98.7 Å². The van der Waals surface area contributed by atoms with Gasteiger partial charge in [-0.2, -0.15) is 0 Å². The van der Waals surface area contributed by atoms with Gasteiger partial charge in [0.15, 0.2) is 0 Å². The molecule has 0 aliphatic heterocycles. The third-order valence-corrected chi connectivity index (χ3v) is 3.45. The number of carbonyl (C=O) groups excluding carboxylic acids is 1. The Labute approximate surface area is 138 Å². The molecule has 0 saturated heterocycles. The van der Waals surface area contributed by atoms with E-state index in [1.54, 1.807) is 12.1 Å². The van der Waals surface area contributed by atoms with Crippen LogP contribution in [-0.2, 0) is 16.0 Å². The van der Waals surface area contributed by atoms with Crippen molar-refractivity contribution in [1.82, 2.24) is 10.5 Å². The molecule has 1 rings (SSSR count). The van der Waals surface area contributed by atoms with Crippen LogP contribution in [0.5, 0.6) is 0 Å². The predicted octanol–water partition coefficient (Wildman–Crippen LogP) is 1.20. The molecule has 0 radical (unpaired) electrons. The third kappa shape index (κ3) is 6.66. The molecule has 4 N–H and O–H groups in total. The molecule has 0 spiro atoms. The molecule has 0 saturated carbocycles. The molecule has 0 unspecified atom stereocenters. The number of hydrogen-bond acceptors (Lipinski definition) is 4. The van der Waals surface area contributed by atoms with Gasteiger partial charge in [0.05, 0.1) is 0 Å². The van der Waals surface area contributed by atoms with E-state index < -0.39 is 25.0 Å². The van der Waals surface area contributed by atoms with Crippen LogP contribution in [0.2, 0.25) is 16.9 Å². The molecule has 1 aromatic carbocycles. The minimum atomic E-state index is -1.15. The summed E-state index contributed by atoms with van der Waals surface area (Å²) in [4.78, 5) is 23.0. The highest BCUT2D eigenvalue weighted by molar-refractivity contribution is 6.45. The number of nitrogens with one attached hydrogen (secondary N) is 2. The summed E-state index contributed by atoms with van der Waals surface area (Å²) in [6.07, 6.45) is 0.115. The lowest BCUT2D eigenvalue weighted by molar-refractivity contribution is -0.141. The summed E-state index contributed by atoms with van der Waals surface area (Å²) >= 11 is 11.8. The van der Waals surface area contributed by atoms with Gasteiger partial charge in [-0.05, 0) is 31.1 Å². The van der Waals surface area contributed by atoms with E-state index in [9.17, 15) is 14.7 Å². The van der Waals surface area contributed by atoms with Crippen molar-refractivity contribution in [2.24, 2.45) is 0 Å². The van der Waals surface area contributed by atoms with E-state index in [0.717, 1.165) is 0 Å². The summed E-state index contributed by atoms with van der Waals surface area (Å²) in [7, 11) is -0.726. The Morgan fingerprint density at radius 3 is 2.59 bits per heavy atom. The van der Waals surface area contributed by atoms with E-state index in [1.807, 2.05) is 0 Å². The van der Waals surface area contributed by atoms with Gasteiger partial charge in [0, 0.05) is 22.9 Å². The van der Waals surface area contributed by atoms with E-state index in [-0.39, 0.29) is 19.4 Å². The van der Waals surface area contributed by atoms with Gasteiger partial charge in [0.2, 0.25) is 5.91 Å². The fourth-order valence-corrected chi connectivity index (χ4v) is 2.25. The summed E-state index contributed by atoms with van der Waals surface area (Å²) < 4.78 is 0. The van der Waals surface area contributed by atoms with Crippen molar-refractivity contribution in [3.8, 4) is 0 Å². The zero-order valence-electron chi connectivity index (χ0n) is 12.0. The molecule has 120 valence electrons. The maximum absolute atomic E-state index is 11.7. The second-order valence-corrected chi connectivity index (χ2v) is 5.62. The van der Waals surface area contributed by atoms with Gasteiger partial charge in [-0.3, -0.25) is 4.79 Å². The minimum absolute atomic E-state index is 0.0565. The Morgan fingerprint density at radius 1 is 1.36 bits per heavy atom. The maximum Gasteiger partial charge on any atom is 0.373 e. The molecule has 0 aliphatic rings. The van der Waals surface area contributed by atoms with Crippen molar-refractivity contribution < 1.29 is 19.7 Å². The highest BCUT2D eigenvalue weighted by atomic mass is 35.5. The SMILES string of the molecule is CB(O)NCCC(=O)N[C@H](Cc1ccc(Cl)cc1Cl)C(=O)O. The van der Waals surface area contributed by atoms with Crippen LogP contribution >= 0.6 is 23.2 Å². The van der Waals surface area contributed by atoms with Gasteiger partial charge in [-0.15, -0.1) is 0 Å². The summed E-state index contributed by atoms with van der Waals surface area (Å²) in [5.41, 5.74) is 0.584. The zero-order chi connectivity index (χ0) is 16.7. The molecule has 22 heavy (non-hydrogen) atoms. The summed E-state index contributed by atoms with van der Waals surface area (Å²) in [6.45, 7) is 1.78. The standard InChI is InChI=1S/C13H17BCl2N2O4/c1-14(22)17-5-4-12(19)18-11(13(20)21)6-8-2-3-9(15)7-10(8)16/h2-3,7,11,17,22H,4-6H2,1H3,(H,18,19)(H,20,21)/t11-/m1/s1. The molecule has 9 heteroatoms. The van der Waals surface area contributed by atoms with Gasteiger partial charge in [0.1, 0.15) is 6.04 Å². The second kappa shape index (κ2) is 9.00. The van der Waals surface area contributed by atoms with E-state index in [4.69, 9.17) is 28.2 Å². The third-order valence-electron chi connectivity index (χ3n) is 2.86. The lowest BCUT2D eigenvalue weighted by atomic mass is 9.89.